The minimum Gasteiger partial charge on any atom is -0.299 e. The zero-order chi connectivity index (χ0) is 13.0. The highest BCUT2D eigenvalue weighted by atomic mass is 32.2. The van der Waals surface area contributed by atoms with E-state index < -0.39 is 0 Å². The Bertz CT molecular complexity index is 237. The van der Waals surface area contributed by atoms with Crippen LogP contribution < -0.4 is 0 Å². The number of carbonyl (C=O) groups is 1. The van der Waals surface area contributed by atoms with Crippen LogP contribution in [0.4, 0.5) is 0 Å². The van der Waals surface area contributed by atoms with Crippen molar-refractivity contribution in [2.24, 2.45) is 5.41 Å². The Labute approximate surface area is 106 Å². The average molecular weight is 244 g/mol. The van der Waals surface area contributed by atoms with E-state index >= 15 is 0 Å². The molecule has 0 heterocycles. The third-order valence-electron chi connectivity index (χ3n) is 3.66. The molecule has 0 rings (SSSR count). The first-order chi connectivity index (χ1) is 7.19. The van der Waals surface area contributed by atoms with Crippen molar-refractivity contribution >= 4 is 17.5 Å². The molecule has 0 aliphatic heterocycles. The zero-order valence-electron chi connectivity index (χ0n) is 12.0. The lowest BCUT2D eigenvalue weighted by atomic mass is 9.75. The fraction of sp³-hybridized carbons (Fsp3) is 0.929. The van der Waals surface area contributed by atoms with Crippen molar-refractivity contribution in [3.05, 3.63) is 0 Å². The number of Topliss-reactive ketones (excluding diaryl/α,β-unsaturated/α-hetero) is 1. The predicted octanol–water partition coefficient (Wildman–Crippen LogP) is 4.69. The number of ketones is 1. The molecule has 0 aromatic carbocycles. The summed E-state index contributed by atoms with van der Waals surface area (Å²) in [5.74, 6) is 0.332. The van der Waals surface area contributed by atoms with E-state index in [4.69, 9.17) is 0 Å². The van der Waals surface area contributed by atoms with Crippen molar-refractivity contribution < 1.29 is 4.79 Å². The van der Waals surface area contributed by atoms with Crippen molar-refractivity contribution in [2.75, 3.05) is 0 Å². The van der Waals surface area contributed by atoms with Crippen molar-refractivity contribution in [1.82, 2.24) is 0 Å². The highest BCUT2D eigenvalue weighted by molar-refractivity contribution is 8.01. The maximum atomic E-state index is 11.8. The van der Waals surface area contributed by atoms with E-state index in [2.05, 4.69) is 41.5 Å². The zero-order valence-corrected chi connectivity index (χ0v) is 12.8. The van der Waals surface area contributed by atoms with Crippen LogP contribution in [-0.2, 0) is 4.79 Å². The Hall–Kier alpha value is 0.0200. The van der Waals surface area contributed by atoms with Gasteiger partial charge in [-0.3, -0.25) is 4.79 Å². The molecule has 0 radical (unpaired) electrons. The molecule has 96 valence electrons. The van der Waals surface area contributed by atoms with Gasteiger partial charge in [0.25, 0.3) is 0 Å². The molecule has 0 aromatic rings. The molecule has 0 bridgehead atoms. The van der Waals surface area contributed by atoms with Crippen molar-refractivity contribution in [3.63, 3.8) is 0 Å². The molecule has 0 aliphatic rings. The fourth-order valence-electron chi connectivity index (χ4n) is 2.14. The molecule has 1 unspecified atom stereocenters. The van der Waals surface area contributed by atoms with Crippen molar-refractivity contribution in [3.8, 4) is 0 Å². The Balaban J connectivity index is 4.80. The highest BCUT2D eigenvalue weighted by Crippen LogP contribution is 2.43. The monoisotopic (exact) mass is 244 g/mol. The second-order valence-electron chi connectivity index (χ2n) is 5.62. The second kappa shape index (κ2) is 6.09. The molecule has 0 saturated carbocycles. The van der Waals surface area contributed by atoms with Gasteiger partial charge in [0.1, 0.15) is 5.78 Å². The van der Waals surface area contributed by atoms with Gasteiger partial charge in [-0.15, -0.1) is 0 Å². The van der Waals surface area contributed by atoms with Crippen LogP contribution in [0, 0.1) is 5.41 Å². The SMILES string of the molecule is CCC(C)(C[C@@](C)(CC)SC(C)C)C(C)=O. The van der Waals surface area contributed by atoms with Crippen molar-refractivity contribution in [2.45, 2.75) is 77.7 Å². The largest absolute Gasteiger partial charge is 0.299 e. The smallest absolute Gasteiger partial charge is 0.135 e. The molecule has 0 saturated heterocycles. The molecule has 0 spiro atoms. The average Bonchev–Trinajstić information content (AvgIpc) is 2.16. The number of hydrogen-bond donors (Lipinski definition) is 0. The lowest BCUT2D eigenvalue weighted by Gasteiger charge is -2.38. The minimum atomic E-state index is -0.146. The maximum Gasteiger partial charge on any atom is 0.135 e. The molecule has 0 amide bonds. The number of rotatable bonds is 7. The number of carbonyl (C=O) groups excluding carboxylic acids is 1. The summed E-state index contributed by atoms with van der Waals surface area (Å²) < 4.78 is 0.227. The van der Waals surface area contributed by atoms with Gasteiger partial charge in [-0.25, -0.2) is 0 Å². The summed E-state index contributed by atoms with van der Waals surface area (Å²) in [5.41, 5.74) is -0.146. The summed E-state index contributed by atoms with van der Waals surface area (Å²) >= 11 is 2.01. The first-order valence-corrected chi connectivity index (χ1v) is 7.26. The van der Waals surface area contributed by atoms with E-state index in [-0.39, 0.29) is 10.2 Å². The highest BCUT2D eigenvalue weighted by Gasteiger charge is 2.37. The maximum absolute atomic E-state index is 11.8. The van der Waals surface area contributed by atoms with Gasteiger partial charge >= 0.3 is 0 Å². The summed E-state index contributed by atoms with van der Waals surface area (Å²) in [6.45, 7) is 15.0. The van der Waals surface area contributed by atoms with Crippen LogP contribution in [0.5, 0.6) is 0 Å². The minimum absolute atomic E-state index is 0.146. The fourth-order valence-corrected chi connectivity index (χ4v) is 3.85. The van der Waals surface area contributed by atoms with Gasteiger partial charge in [-0.2, -0.15) is 11.8 Å². The molecule has 0 aromatic heterocycles. The van der Waals surface area contributed by atoms with Crippen LogP contribution in [-0.4, -0.2) is 15.8 Å². The molecular formula is C14H28OS. The molecule has 1 nitrogen and oxygen atoms in total. The molecule has 0 fully saturated rings. The van der Waals surface area contributed by atoms with E-state index in [0.717, 1.165) is 19.3 Å². The Morgan fingerprint density at radius 1 is 1.19 bits per heavy atom. The van der Waals surface area contributed by atoms with Gasteiger partial charge in [0, 0.05) is 10.2 Å². The lowest BCUT2D eigenvalue weighted by molar-refractivity contribution is -0.126. The van der Waals surface area contributed by atoms with Crippen LogP contribution in [0.3, 0.4) is 0 Å². The van der Waals surface area contributed by atoms with Gasteiger partial charge in [0.2, 0.25) is 0 Å². The van der Waals surface area contributed by atoms with Gasteiger partial charge in [0.05, 0.1) is 0 Å². The molecule has 16 heavy (non-hydrogen) atoms. The molecule has 0 N–H and O–H groups in total. The summed E-state index contributed by atoms with van der Waals surface area (Å²) in [6.07, 6.45) is 3.06. The van der Waals surface area contributed by atoms with E-state index in [0.29, 0.717) is 11.0 Å². The Morgan fingerprint density at radius 3 is 1.94 bits per heavy atom. The first-order valence-electron chi connectivity index (χ1n) is 6.38. The van der Waals surface area contributed by atoms with Crippen LogP contribution >= 0.6 is 11.8 Å². The van der Waals surface area contributed by atoms with E-state index in [1.165, 1.54) is 0 Å². The van der Waals surface area contributed by atoms with Crippen LogP contribution in [0.1, 0.15) is 67.7 Å². The van der Waals surface area contributed by atoms with Gasteiger partial charge < -0.3 is 0 Å². The molecule has 2 heteroatoms. The van der Waals surface area contributed by atoms with E-state index in [1.54, 1.807) is 6.92 Å². The Morgan fingerprint density at radius 2 is 1.69 bits per heavy atom. The molecular weight excluding hydrogens is 216 g/mol. The summed E-state index contributed by atoms with van der Waals surface area (Å²) in [4.78, 5) is 11.8. The van der Waals surface area contributed by atoms with Gasteiger partial charge in [-0.05, 0) is 31.4 Å². The second-order valence-corrected chi connectivity index (χ2v) is 7.78. The predicted molar refractivity (Wildman–Crippen MR) is 75.1 cm³/mol. The molecule has 2 atom stereocenters. The Kier molecular flexibility index (Phi) is 6.10. The van der Waals surface area contributed by atoms with Crippen LogP contribution in [0.15, 0.2) is 0 Å². The standard InChI is InChI=1S/C14H28OS/c1-8-13(6,12(5)15)10-14(7,9-2)16-11(3)4/h11H,8-10H2,1-7H3/t13?,14-/m1/s1. The topological polar surface area (TPSA) is 17.1 Å². The number of hydrogen-bond acceptors (Lipinski definition) is 2. The summed E-state index contributed by atoms with van der Waals surface area (Å²) in [6, 6.07) is 0. The van der Waals surface area contributed by atoms with Crippen LogP contribution in [0.25, 0.3) is 0 Å². The van der Waals surface area contributed by atoms with Crippen molar-refractivity contribution in [1.29, 1.82) is 0 Å². The quantitative estimate of drug-likeness (QED) is 0.646. The van der Waals surface area contributed by atoms with Crippen LogP contribution in [0.2, 0.25) is 0 Å². The third-order valence-corrected chi connectivity index (χ3v) is 5.14. The number of thioether (sulfide) groups is 1. The van der Waals surface area contributed by atoms with E-state index in [1.807, 2.05) is 11.8 Å². The first kappa shape index (κ1) is 16.0. The third kappa shape index (κ3) is 4.48. The van der Waals surface area contributed by atoms with E-state index in [9.17, 15) is 4.79 Å². The normalized spacial score (nSPS) is 19.2. The van der Waals surface area contributed by atoms with Gasteiger partial charge in [-0.1, -0.05) is 41.5 Å². The lowest BCUT2D eigenvalue weighted by Crippen LogP contribution is -2.35. The van der Waals surface area contributed by atoms with Gasteiger partial charge in [0.15, 0.2) is 0 Å². The summed E-state index contributed by atoms with van der Waals surface area (Å²) in [7, 11) is 0. The summed E-state index contributed by atoms with van der Waals surface area (Å²) in [5, 5.41) is 0.623. The molecule has 0 aliphatic carbocycles.